The molecule has 0 aliphatic rings. The van der Waals surface area contributed by atoms with Crippen molar-refractivity contribution in [1.82, 2.24) is 0 Å². The maximum Gasteiger partial charge on any atom is 0.311 e. The molecule has 0 radical (unpaired) electrons. The minimum absolute atomic E-state index is 0.201. The van der Waals surface area contributed by atoms with E-state index in [1.807, 2.05) is 0 Å². The van der Waals surface area contributed by atoms with Crippen LogP contribution in [0.5, 0.6) is 5.75 Å². The van der Waals surface area contributed by atoms with Gasteiger partial charge in [-0.3, -0.25) is 14.4 Å². The number of Topliss-reactive ketones (excluding diaryl/α,β-unsaturated/α-hetero) is 1. The lowest BCUT2D eigenvalue weighted by molar-refractivity contribution is -0.134. The largest absolute Gasteiger partial charge is 0.426 e. The van der Waals surface area contributed by atoms with E-state index in [1.165, 1.54) is 13.0 Å². The zero-order valence-electron chi connectivity index (χ0n) is 24.6. The van der Waals surface area contributed by atoms with Crippen LogP contribution in [0.4, 0.5) is 11.4 Å². The van der Waals surface area contributed by atoms with Crippen LogP contribution in [0.1, 0.15) is 85.9 Å². The molecular weight excluding hydrogens is 526 g/mol. The van der Waals surface area contributed by atoms with Gasteiger partial charge in [0.25, 0.3) is 0 Å². The number of unbranched alkanes of at least 4 members (excludes halogenated alkanes) is 1. The molecule has 0 saturated carbocycles. The van der Waals surface area contributed by atoms with Crippen LogP contribution in [0.3, 0.4) is 0 Å². The van der Waals surface area contributed by atoms with Gasteiger partial charge in [0.1, 0.15) is 5.75 Å². The van der Waals surface area contributed by atoms with Crippen LogP contribution < -0.4 is 10.5 Å². The Bertz CT molecular complexity index is 1330. The van der Waals surface area contributed by atoms with Gasteiger partial charge >= 0.3 is 5.97 Å². The maximum absolute atomic E-state index is 12.4. The molecule has 7 nitrogen and oxygen atoms in total. The SMILES string of the molecule is CC/C=C\C/C=C\C/C=C\C/C=C\C/C=C\CCCC(=O)Oc1ccc(N=Nc2ccc(C(N)=O)cc2)cc1C(C)=O. The summed E-state index contributed by atoms with van der Waals surface area (Å²) in [5.74, 6) is -0.968. The fourth-order valence-electron chi connectivity index (χ4n) is 3.66. The zero-order chi connectivity index (χ0) is 30.4. The van der Waals surface area contributed by atoms with E-state index in [0.717, 1.165) is 38.5 Å². The molecule has 0 aromatic heterocycles. The molecule has 2 rings (SSSR count). The van der Waals surface area contributed by atoms with Gasteiger partial charge in [0.2, 0.25) is 5.91 Å². The number of hydrogen-bond acceptors (Lipinski definition) is 6. The third-order valence-corrected chi connectivity index (χ3v) is 5.91. The summed E-state index contributed by atoms with van der Waals surface area (Å²) in [4.78, 5) is 35.7. The standard InChI is InChI=1S/C35H41N3O4/c1-3-4-5-6-7-8-9-10-11-12-13-14-15-16-17-18-19-20-34(40)42-33-26-25-31(27-32(33)28(2)39)38-37-30-23-21-29(22-24-30)35(36)41/h4-5,7-8,10-11,13-14,16-17,21-27H,3,6,9,12,15,18-20H2,1-2H3,(H2,36,41)/b5-4-,8-7-,11-10-,14-13-,17-16-,38-37?. The van der Waals surface area contributed by atoms with Crippen molar-refractivity contribution >= 4 is 29.0 Å². The predicted molar refractivity (Wildman–Crippen MR) is 170 cm³/mol. The van der Waals surface area contributed by atoms with Crippen LogP contribution in [-0.2, 0) is 4.79 Å². The second-order valence-corrected chi connectivity index (χ2v) is 9.42. The number of allylic oxidation sites excluding steroid dienone is 10. The first-order valence-corrected chi connectivity index (χ1v) is 14.3. The lowest BCUT2D eigenvalue weighted by Crippen LogP contribution is -2.10. The highest BCUT2D eigenvalue weighted by Gasteiger charge is 2.13. The normalized spacial score (nSPS) is 12.1. The van der Waals surface area contributed by atoms with E-state index in [2.05, 4.69) is 77.9 Å². The molecule has 0 atom stereocenters. The lowest BCUT2D eigenvalue weighted by Gasteiger charge is -2.08. The van der Waals surface area contributed by atoms with Gasteiger partial charge in [-0.1, -0.05) is 67.7 Å². The monoisotopic (exact) mass is 567 g/mol. The van der Waals surface area contributed by atoms with Crippen molar-refractivity contribution in [3.63, 3.8) is 0 Å². The van der Waals surface area contributed by atoms with Crippen LogP contribution in [0.25, 0.3) is 0 Å². The number of rotatable bonds is 18. The van der Waals surface area contributed by atoms with Crippen molar-refractivity contribution in [2.24, 2.45) is 16.0 Å². The number of nitrogens with zero attached hydrogens (tertiary/aromatic N) is 2. The van der Waals surface area contributed by atoms with Gasteiger partial charge in [-0.05, 0) is 94.3 Å². The minimum atomic E-state index is -0.524. The number of ketones is 1. The molecular formula is C35H41N3O4. The van der Waals surface area contributed by atoms with Gasteiger partial charge in [-0.2, -0.15) is 10.2 Å². The van der Waals surface area contributed by atoms with Gasteiger partial charge in [0.05, 0.1) is 16.9 Å². The Labute approximate surface area is 249 Å². The molecule has 0 aliphatic carbocycles. The molecule has 0 unspecified atom stereocenters. The van der Waals surface area contributed by atoms with Gasteiger partial charge < -0.3 is 10.5 Å². The molecule has 1 amide bonds. The van der Waals surface area contributed by atoms with Gasteiger partial charge in [0.15, 0.2) is 5.78 Å². The summed E-state index contributed by atoms with van der Waals surface area (Å²) in [7, 11) is 0. The number of carbonyl (C=O) groups is 3. The zero-order valence-corrected chi connectivity index (χ0v) is 24.6. The Kier molecular flexibility index (Phi) is 16.2. The third kappa shape index (κ3) is 14.1. The Morgan fingerprint density at radius 1 is 0.738 bits per heavy atom. The Balaban J connectivity index is 1.71. The van der Waals surface area contributed by atoms with Gasteiger partial charge in [-0.25, -0.2) is 0 Å². The number of ether oxygens (including phenoxy) is 1. The van der Waals surface area contributed by atoms with Crippen molar-refractivity contribution < 1.29 is 19.1 Å². The summed E-state index contributed by atoms with van der Waals surface area (Å²) in [5, 5.41) is 8.25. The van der Waals surface area contributed by atoms with Crippen LogP contribution >= 0.6 is 0 Å². The molecule has 2 aromatic carbocycles. The summed E-state index contributed by atoms with van der Waals surface area (Å²) in [6.07, 6.45) is 28.0. The molecule has 0 fully saturated rings. The lowest BCUT2D eigenvalue weighted by atomic mass is 10.1. The fourth-order valence-corrected chi connectivity index (χ4v) is 3.66. The number of primary amides is 1. The highest BCUT2D eigenvalue weighted by molar-refractivity contribution is 5.98. The summed E-state index contributed by atoms with van der Waals surface area (Å²) in [6, 6.07) is 11.0. The Morgan fingerprint density at radius 2 is 1.26 bits per heavy atom. The van der Waals surface area contributed by atoms with Gasteiger partial charge in [0, 0.05) is 12.0 Å². The number of carbonyl (C=O) groups excluding carboxylic acids is 3. The maximum atomic E-state index is 12.4. The fraction of sp³-hybridized carbons (Fsp3) is 0.286. The molecule has 0 aliphatic heterocycles. The second-order valence-electron chi connectivity index (χ2n) is 9.42. The van der Waals surface area contributed by atoms with E-state index < -0.39 is 11.9 Å². The Morgan fingerprint density at radius 3 is 1.81 bits per heavy atom. The van der Waals surface area contributed by atoms with E-state index >= 15 is 0 Å². The second kappa shape index (κ2) is 20.3. The van der Waals surface area contributed by atoms with E-state index in [4.69, 9.17) is 10.5 Å². The van der Waals surface area contributed by atoms with Crippen molar-refractivity contribution in [1.29, 1.82) is 0 Å². The van der Waals surface area contributed by atoms with Crippen molar-refractivity contribution in [3.05, 3.63) is 114 Å². The summed E-state index contributed by atoms with van der Waals surface area (Å²) in [6.45, 7) is 3.54. The number of nitrogens with two attached hydrogens (primary N) is 1. The van der Waals surface area contributed by atoms with Gasteiger partial charge in [-0.15, -0.1) is 0 Å². The molecule has 7 heteroatoms. The quantitative estimate of drug-likeness (QED) is 0.0483. The van der Waals surface area contributed by atoms with E-state index in [-0.39, 0.29) is 23.5 Å². The molecule has 42 heavy (non-hydrogen) atoms. The number of hydrogen-bond donors (Lipinski definition) is 1. The average Bonchev–Trinajstić information content (AvgIpc) is 2.98. The first-order chi connectivity index (χ1) is 20.4. The predicted octanol–water partition coefficient (Wildman–Crippen LogP) is 9.23. The molecule has 0 bridgehead atoms. The molecule has 2 N–H and O–H groups in total. The smallest absolute Gasteiger partial charge is 0.311 e. The molecule has 0 spiro atoms. The van der Waals surface area contributed by atoms with Crippen LogP contribution in [0.2, 0.25) is 0 Å². The van der Waals surface area contributed by atoms with E-state index in [0.29, 0.717) is 23.4 Å². The summed E-state index contributed by atoms with van der Waals surface area (Å²) in [5.41, 5.74) is 6.81. The first-order valence-electron chi connectivity index (χ1n) is 14.3. The van der Waals surface area contributed by atoms with Crippen molar-refractivity contribution in [2.75, 3.05) is 0 Å². The minimum Gasteiger partial charge on any atom is -0.426 e. The van der Waals surface area contributed by atoms with Crippen LogP contribution in [0.15, 0.2) is 113 Å². The average molecular weight is 568 g/mol. The third-order valence-electron chi connectivity index (χ3n) is 5.91. The van der Waals surface area contributed by atoms with Crippen molar-refractivity contribution in [3.8, 4) is 5.75 Å². The number of amides is 1. The summed E-state index contributed by atoms with van der Waals surface area (Å²) < 4.78 is 5.46. The molecule has 0 saturated heterocycles. The summed E-state index contributed by atoms with van der Waals surface area (Å²) >= 11 is 0. The Hall–Kier alpha value is -4.65. The van der Waals surface area contributed by atoms with E-state index in [9.17, 15) is 14.4 Å². The number of benzene rings is 2. The van der Waals surface area contributed by atoms with Crippen LogP contribution in [0, 0.1) is 0 Å². The number of azo groups is 1. The van der Waals surface area contributed by atoms with Crippen LogP contribution in [-0.4, -0.2) is 17.7 Å². The topological polar surface area (TPSA) is 111 Å². The molecule has 0 heterocycles. The molecule has 2 aromatic rings. The van der Waals surface area contributed by atoms with Crippen molar-refractivity contribution in [2.45, 2.75) is 65.2 Å². The highest BCUT2D eigenvalue weighted by atomic mass is 16.5. The molecule has 220 valence electrons. The van der Waals surface area contributed by atoms with E-state index in [1.54, 1.807) is 36.4 Å². The first kappa shape index (κ1) is 33.6. The highest BCUT2D eigenvalue weighted by Crippen LogP contribution is 2.27. The number of esters is 1.